The molecule has 0 atom stereocenters. The third-order valence-corrected chi connectivity index (χ3v) is 6.05. The number of piperidine rings is 1. The summed E-state index contributed by atoms with van der Waals surface area (Å²) in [5, 5.41) is 13.9. The normalized spacial score (nSPS) is 15.1. The van der Waals surface area contributed by atoms with Crippen molar-refractivity contribution in [3.63, 3.8) is 0 Å². The summed E-state index contributed by atoms with van der Waals surface area (Å²) in [5.74, 6) is 0.933. The van der Waals surface area contributed by atoms with Crippen LogP contribution in [-0.4, -0.2) is 51.7 Å². The van der Waals surface area contributed by atoms with Crippen LogP contribution in [0.15, 0.2) is 36.8 Å². The summed E-state index contributed by atoms with van der Waals surface area (Å²) in [6.07, 6.45) is 7.40. The second-order valence-electron chi connectivity index (χ2n) is 8.15. The molecule has 0 saturated carbocycles. The lowest BCUT2D eigenvalue weighted by Gasteiger charge is -2.32. The van der Waals surface area contributed by atoms with Crippen LogP contribution in [0.25, 0.3) is 10.9 Å². The van der Waals surface area contributed by atoms with Crippen LogP contribution < -0.4 is 10.2 Å². The van der Waals surface area contributed by atoms with E-state index in [-0.39, 0.29) is 5.78 Å². The third kappa shape index (κ3) is 4.22. The van der Waals surface area contributed by atoms with Gasteiger partial charge in [0.1, 0.15) is 6.61 Å². The van der Waals surface area contributed by atoms with Gasteiger partial charge < -0.3 is 19.9 Å². The molecule has 30 heavy (non-hydrogen) atoms. The number of anilines is 1. The van der Waals surface area contributed by atoms with Gasteiger partial charge in [0.2, 0.25) is 5.95 Å². The summed E-state index contributed by atoms with van der Waals surface area (Å²) in [5.41, 5.74) is 4.31. The maximum atomic E-state index is 11.5. The second kappa shape index (κ2) is 8.93. The molecule has 4 rings (SSSR count). The highest BCUT2D eigenvalue weighted by molar-refractivity contribution is 5.96. The average molecular weight is 408 g/mol. The summed E-state index contributed by atoms with van der Waals surface area (Å²) in [7, 11) is 2.11. The lowest BCUT2D eigenvalue weighted by Crippen LogP contribution is -2.38. The predicted octanol–water partition coefficient (Wildman–Crippen LogP) is 2.46. The number of rotatable bonds is 7. The van der Waals surface area contributed by atoms with Gasteiger partial charge in [0, 0.05) is 56.2 Å². The molecule has 1 fully saturated rings. The molecule has 7 nitrogen and oxygen atoms in total. The molecule has 3 aromatic rings. The van der Waals surface area contributed by atoms with Crippen molar-refractivity contribution >= 4 is 22.6 Å². The Morgan fingerprint density at radius 1 is 1.23 bits per heavy atom. The first-order valence-electron chi connectivity index (χ1n) is 10.5. The molecule has 2 aromatic heterocycles. The van der Waals surface area contributed by atoms with Crippen LogP contribution >= 0.6 is 0 Å². The Labute approximate surface area is 176 Å². The van der Waals surface area contributed by atoms with Crippen molar-refractivity contribution in [1.29, 1.82) is 0 Å². The van der Waals surface area contributed by atoms with Gasteiger partial charge in [0.05, 0.1) is 5.56 Å². The topological polar surface area (TPSA) is 83.3 Å². The summed E-state index contributed by atoms with van der Waals surface area (Å²) in [4.78, 5) is 22.3. The molecule has 0 spiro atoms. The Hall–Kier alpha value is -2.77. The predicted molar refractivity (Wildman–Crippen MR) is 118 cm³/mol. The molecule has 0 radical (unpaired) electrons. The summed E-state index contributed by atoms with van der Waals surface area (Å²) in [6, 6.07) is 6.47. The first kappa shape index (κ1) is 20.5. The molecule has 3 heterocycles. The minimum Gasteiger partial charge on any atom is -0.388 e. The smallest absolute Gasteiger partial charge is 0.225 e. The van der Waals surface area contributed by atoms with Crippen LogP contribution in [-0.2, 0) is 13.6 Å². The minimum atomic E-state index is -0.514. The monoisotopic (exact) mass is 407 g/mol. The van der Waals surface area contributed by atoms with Crippen molar-refractivity contribution < 1.29 is 9.90 Å². The maximum Gasteiger partial charge on any atom is 0.225 e. The van der Waals surface area contributed by atoms with Crippen molar-refractivity contribution in [2.45, 2.75) is 26.3 Å². The summed E-state index contributed by atoms with van der Waals surface area (Å²) in [6.45, 7) is 5.36. The number of hydrogen-bond donors (Lipinski definition) is 2. The lowest BCUT2D eigenvalue weighted by atomic mass is 9.97. The van der Waals surface area contributed by atoms with Crippen LogP contribution in [0.2, 0.25) is 0 Å². The van der Waals surface area contributed by atoms with Crippen molar-refractivity contribution in [2.24, 2.45) is 13.0 Å². The van der Waals surface area contributed by atoms with E-state index in [1.54, 1.807) is 0 Å². The van der Waals surface area contributed by atoms with Gasteiger partial charge in [0.25, 0.3) is 0 Å². The molecular formula is C23H29N5O2. The fraction of sp³-hybridized carbons (Fsp3) is 0.435. The van der Waals surface area contributed by atoms with Crippen LogP contribution in [0.3, 0.4) is 0 Å². The van der Waals surface area contributed by atoms with Gasteiger partial charge in [-0.15, -0.1) is 0 Å². The molecule has 1 saturated heterocycles. The first-order chi connectivity index (χ1) is 14.6. The number of hydrogen-bond acceptors (Lipinski definition) is 6. The minimum absolute atomic E-state index is 0.351. The van der Waals surface area contributed by atoms with Crippen LogP contribution in [0.4, 0.5) is 5.95 Å². The Bertz CT molecular complexity index is 1020. The number of carbonyl (C=O) groups is 1. The third-order valence-electron chi connectivity index (χ3n) is 6.05. The molecule has 0 unspecified atom stereocenters. The maximum absolute atomic E-state index is 11.5. The van der Waals surface area contributed by atoms with E-state index in [4.69, 9.17) is 5.11 Å². The highest BCUT2D eigenvalue weighted by Gasteiger charge is 2.21. The van der Waals surface area contributed by atoms with Gasteiger partial charge >= 0.3 is 0 Å². The SMILES string of the molecule is Cc1cccc2c1c(CNCC1CCN(c3ncc(C(=O)CO)cn3)CC1)cn2C. The number of aryl methyl sites for hydroxylation is 2. The van der Waals surface area contributed by atoms with E-state index < -0.39 is 6.61 Å². The average Bonchev–Trinajstić information content (AvgIpc) is 3.10. The number of ketones is 1. The van der Waals surface area contributed by atoms with Gasteiger partial charge in [0.15, 0.2) is 5.78 Å². The van der Waals surface area contributed by atoms with E-state index in [0.717, 1.165) is 39.0 Å². The van der Waals surface area contributed by atoms with Crippen LogP contribution in [0, 0.1) is 12.8 Å². The van der Waals surface area contributed by atoms with Crippen molar-refractivity contribution in [1.82, 2.24) is 19.9 Å². The zero-order valence-electron chi connectivity index (χ0n) is 17.6. The number of benzene rings is 1. The number of aromatic nitrogens is 3. The lowest BCUT2D eigenvalue weighted by molar-refractivity contribution is 0.0903. The van der Waals surface area contributed by atoms with Gasteiger partial charge in [-0.3, -0.25) is 4.79 Å². The first-order valence-corrected chi connectivity index (χ1v) is 10.5. The van der Waals surface area contributed by atoms with E-state index >= 15 is 0 Å². The van der Waals surface area contributed by atoms with E-state index in [0.29, 0.717) is 17.4 Å². The summed E-state index contributed by atoms with van der Waals surface area (Å²) < 4.78 is 2.21. The van der Waals surface area contributed by atoms with Crippen LogP contribution in [0.5, 0.6) is 0 Å². The largest absolute Gasteiger partial charge is 0.388 e. The number of aliphatic hydroxyl groups excluding tert-OH is 1. The van der Waals surface area contributed by atoms with Gasteiger partial charge in [-0.1, -0.05) is 12.1 Å². The Morgan fingerprint density at radius 2 is 1.97 bits per heavy atom. The molecule has 0 bridgehead atoms. The van der Waals surface area contributed by atoms with Gasteiger partial charge in [-0.05, 0) is 49.4 Å². The fourth-order valence-corrected chi connectivity index (χ4v) is 4.33. The van der Waals surface area contributed by atoms with Gasteiger partial charge in [-0.2, -0.15) is 0 Å². The van der Waals surface area contributed by atoms with E-state index in [2.05, 4.69) is 63.1 Å². The molecule has 2 N–H and O–H groups in total. The second-order valence-corrected chi connectivity index (χ2v) is 8.15. The van der Waals surface area contributed by atoms with Crippen molar-refractivity contribution in [3.05, 3.63) is 53.5 Å². The van der Waals surface area contributed by atoms with E-state index in [9.17, 15) is 4.79 Å². The number of nitrogens with one attached hydrogen (secondary N) is 1. The van der Waals surface area contributed by atoms with E-state index in [1.807, 2.05) is 0 Å². The van der Waals surface area contributed by atoms with Crippen LogP contribution in [0.1, 0.15) is 34.3 Å². The summed E-state index contributed by atoms with van der Waals surface area (Å²) >= 11 is 0. The number of nitrogens with zero attached hydrogens (tertiary/aromatic N) is 4. The number of aliphatic hydroxyl groups is 1. The molecule has 7 heteroatoms. The zero-order valence-corrected chi connectivity index (χ0v) is 17.6. The number of fused-ring (bicyclic) bond motifs is 1. The van der Waals surface area contributed by atoms with E-state index in [1.165, 1.54) is 34.4 Å². The Kier molecular flexibility index (Phi) is 6.11. The molecule has 1 aliphatic heterocycles. The number of Topliss-reactive ketones (excluding diaryl/α,β-unsaturated/α-hetero) is 1. The highest BCUT2D eigenvalue weighted by atomic mass is 16.3. The highest BCUT2D eigenvalue weighted by Crippen LogP contribution is 2.25. The molecule has 0 aliphatic carbocycles. The Balaban J connectivity index is 1.28. The zero-order chi connectivity index (χ0) is 21.1. The standard InChI is InChI=1S/C23H29N5O2/c1-16-4-3-5-20-22(16)19(14-27(20)2)11-24-10-17-6-8-28(9-7-17)23-25-12-18(13-26-23)21(30)15-29/h3-5,12-14,17,24,29H,6-11,15H2,1-2H3. The molecule has 1 aliphatic rings. The quantitative estimate of drug-likeness (QED) is 0.586. The fourth-order valence-electron chi connectivity index (χ4n) is 4.33. The van der Waals surface area contributed by atoms with Crippen molar-refractivity contribution in [2.75, 3.05) is 31.1 Å². The number of carbonyl (C=O) groups excluding carboxylic acids is 1. The molecule has 158 valence electrons. The molecule has 0 amide bonds. The molecular weight excluding hydrogens is 378 g/mol. The van der Waals surface area contributed by atoms with Crippen molar-refractivity contribution in [3.8, 4) is 0 Å². The Morgan fingerprint density at radius 3 is 2.67 bits per heavy atom. The van der Waals surface area contributed by atoms with Gasteiger partial charge in [-0.25, -0.2) is 9.97 Å². The molecule has 1 aromatic carbocycles.